The first-order valence-corrected chi connectivity index (χ1v) is 11.0. The fraction of sp³-hybridized carbons (Fsp3) is 0.435. The second-order valence-electron chi connectivity index (χ2n) is 8.25. The monoisotopic (exact) mass is 417 g/mol. The van der Waals surface area contributed by atoms with Gasteiger partial charge in [0.1, 0.15) is 11.6 Å². The summed E-state index contributed by atoms with van der Waals surface area (Å²) >= 11 is 0. The number of hydrogen-bond donors (Lipinski definition) is 0. The largest absolute Gasteiger partial charge is 0.354 e. The predicted molar refractivity (Wildman–Crippen MR) is 119 cm³/mol. The van der Waals surface area contributed by atoms with E-state index >= 15 is 0 Å². The highest BCUT2D eigenvalue weighted by Crippen LogP contribution is 2.34. The second kappa shape index (κ2) is 8.93. The van der Waals surface area contributed by atoms with E-state index in [2.05, 4.69) is 24.9 Å². The summed E-state index contributed by atoms with van der Waals surface area (Å²) in [7, 11) is 0. The van der Waals surface area contributed by atoms with Crippen molar-refractivity contribution in [3.05, 3.63) is 65.1 Å². The minimum atomic E-state index is -0.0686. The third-order valence-electron chi connectivity index (χ3n) is 6.30. The third kappa shape index (κ3) is 4.49. The summed E-state index contributed by atoms with van der Waals surface area (Å²) in [6.45, 7) is 5.14. The topological polar surface area (TPSA) is 80.0 Å². The van der Waals surface area contributed by atoms with Crippen molar-refractivity contribution in [1.29, 1.82) is 0 Å². The van der Waals surface area contributed by atoms with E-state index in [1.54, 1.807) is 29.2 Å². The van der Waals surface area contributed by atoms with Crippen molar-refractivity contribution in [3.8, 4) is 11.3 Å². The van der Waals surface area contributed by atoms with E-state index in [-0.39, 0.29) is 5.56 Å². The molecular weight excluding hydrogens is 390 g/mol. The molecule has 4 heterocycles. The van der Waals surface area contributed by atoms with Gasteiger partial charge in [-0.15, -0.1) is 0 Å². The molecule has 1 saturated heterocycles. The molecule has 2 aliphatic rings. The predicted octanol–water partition coefficient (Wildman–Crippen LogP) is 2.18. The Morgan fingerprint density at radius 3 is 2.45 bits per heavy atom. The summed E-state index contributed by atoms with van der Waals surface area (Å²) in [5.74, 6) is 2.60. The Kier molecular flexibility index (Phi) is 5.71. The van der Waals surface area contributed by atoms with Crippen LogP contribution in [-0.2, 0) is 6.54 Å². The lowest BCUT2D eigenvalue weighted by atomic mass is 9.85. The first kappa shape index (κ1) is 19.8. The molecule has 0 aromatic carbocycles. The van der Waals surface area contributed by atoms with Crippen LogP contribution in [0.15, 0.2) is 53.7 Å². The van der Waals surface area contributed by atoms with Crippen LogP contribution in [0.25, 0.3) is 11.3 Å². The number of aromatic nitrogens is 5. The number of rotatable bonds is 6. The van der Waals surface area contributed by atoms with E-state index < -0.39 is 0 Å². The molecule has 8 heteroatoms. The van der Waals surface area contributed by atoms with Gasteiger partial charge in [0.2, 0.25) is 0 Å². The fourth-order valence-electron chi connectivity index (χ4n) is 4.13. The van der Waals surface area contributed by atoms with Gasteiger partial charge in [0.15, 0.2) is 0 Å². The van der Waals surface area contributed by atoms with Crippen molar-refractivity contribution < 1.29 is 0 Å². The Morgan fingerprint density at radius 2 is 1.71 bits per heavy atom. The molecule has 0 bridgehead atoms. The van der Waals surface area contributed by atoms with Crippen LogP contribution < -0.4 is 10.5 Å². The van der Waals surface area contributed by atoms with Crippen LogP contribution in [0.1, 0.15) is 31.0 Å². The minimum absolute atomic E-state index is 0.0686. The van der Waals surface area contributed by atoms with Gasteiger partial charge in [0.25, 0.3) is 5.56 Å². The van der Waals surface area contributed by atoms with E-state index in [0.717, 1.165) is 55.6 Å². The molecule has 2 fully saturated rings. The van der Waals surface area contributed by atoms with Gasteiger partial charge in [-0.2, -0.15) is 5.10 Å². The van der Waals surface area contributed by atoms with Crippen molar-refractivity contribution in [2.45, 2.75) is 31.7 Å². The molecule has 0 unspecified atom stereocenters. The van der Waals surface area contributed by atoms with Gasteiger partial charge in [-0.05, 0) is 37.1 Å². The summed E-state index contributed by atoms with van der Waals surface area (Å²) in [5.41, 5.74) is 1.68. The quantitative estimate of drug-likeness (QED) is 0.608. The van der Waals surface area contributed by atoms with Crippen molar-refractivity contribution in [1.82, 2.24) is 29.6 Å². The fourth-order valence-corrected chi connectivity index (χ4v) is 4.13. The second-order valence-corrected chi connectivity index (χ2v) is 8.25. The van der Waals surface area contributed by atoms with Gasteiger partial charge in [-0.3, -0.25) is 14.7 Å². The lowest BCUT2D eigenvalue weighted by molar-refractivity contribution is 0.242. The number of pyridine rings is 1. The van der Waals surface area contributed by atoms with Crippen LogP contribution in [0.4, 0.5) is 5.82 Å². The molecular formula is C23H27N7O. The lowest BCUT2D eigenvalue weighted by Crippen LogP contribution is -2.48. The maximum Gasteiger partial charge on any atom is 0.266 e. The van der Waals surface area contributed by atoms with Gasteiger partial charge in [-0.25, -0.2) is 14.6 Å². The van der Waals surface area contributed by atoms with Crippen LogP contribution in [0.3, 0.4) is 0 Å². The molecule has 0 spiro atoms. The summed E-state index contributed by atoms with van der Waals surface area (Å²) in [5, 5.41) is 4.55. The van der Waals surface area contributed by atoms with Crippen LogP contribution in [-0.4, -0.2) is 62.4 Å². The Morgan fingerprint density at radius 1 is 0.903 bits per heavy atom. The van der Waals surface area contributed by atoms with Gasteiger partial charge in [-0.1, -0.05) is 6.42 Å². The molecule has 0 amide bonds. The molecule has 0 N–H and O–H groups in total. The van der Waals surface area contributed by atoms with E-state index in [4.69, 9.17) is 4.98 Å². The molecule has 3 aromatic rings. The SMILES string of the molecule is O=c1ccc(-c2ccncc2)nn1CCN1CCN(c2ccnc(C3CCC3)n2)CC1. The Balaban J connectivity index is 1.18. The molecule has 3 aromatic heterocycles. The zero-order chi connectivity index (χ0) is 21.0. The molecule has 1 saturated carbocycles. The number of anilines is 1. The van der Waals surface area contributed by atoms with Crippen LogP contribution in [0.5, 0.6) is 0 Å². The first-order chi connectivity index (χ1) is 15.3. The molecule has 31 heavy (non-hydrogen) atoms. The van der Waals surface area contributed by atoms with E-state index in [9.17, 15) is 4.79 Å². The van der Waals surface area contributed by atoms with E-state index in [1.165, 1.54) is 19.3 Å². The number of piperazine rings is 1. The molecule has 0 atom stereocenters. The van der Waals surface area contributed by atoms with Gasteiger partial charge >= 0.3 is 0 Å². The molecule has 0 radical (unpaired) electrons. The summed E-state index contributed by atoms with van der Waals surface area (Å²) in [6, 6.07) is 9.19. The van der Waals surface area contributed by atoms with Crippen molar-refractivity contribution >= 4 is 5.82 Å². The van der Waals surface area contributed by atoms with Crippen LogP contribution >= 0.6 is 0 Å². The standard InChI is InChI=1S/C23H27N7O/c31-22-5-4-20(18-6-9-24-10-7-18)27-30(22)17-14-28-12-15-29(16-13-28)21-8-11-25-23(26-21)19-2-1-3-19/h4-11,19H,1-3,12-17H2. The summed E-state index contributed by atoms with van der Waals surface area (Å²) in [4.78, 5) is 30.4. The highest BCUT2D eigenvalue weighted by molar-refractivity contribution is 5.57. The molecule has 160 valence electrons. The maximum atomic E-state index is 12.3. The molecule has 1 aliphatic carbocycles. The van der Waals surface area contributed by atoms with Gasteiger partial charge in [0.05, 0.1) is 12.2 Å². The Bertz CT molecular complexity index is 1070. The summed E-state index contributed by atoms with van der Waals surface area (Å²) in [6.07, 6.45) is 9.09. The molecule has 5 rings (SSSR count). The smallest absolute Gasteiger partial charge is 0.266 e. The molecule has 1 aliphatic heterocycles. The van der Waals surface area contributed by atoms with Crippen molar-refractivity contribution in [3.63, 3.8) is 0 Å². The van der Waals surface area contributed by atoms with E-state index in [1.807, 2.05) is 24.4 Å². The lowest BCUT2D eigenvalue weighted by Gasteiger charge is -2.35. The zero-order valence-electron chi connectivity index (χ0n) is 17.6. The Labute approximate surface area is 181 Å². The highest BCUT2D eigenvalue weighted by atomic mass is 16.1. The molecule has 8 nitrogen and oxygen atoms in total. The van der Waals surface area contributed by atoms with Gasteiger partial charge < -0.3 is 4.90 Å². The van der Waals surface area contributed by atoms with Crippen molar-refractivity contribution in [2.24, 2.45) is 0 Å². The minimum Gasteiger partial charge on any atom is -0.354 e. The average Bonchev–Trinajstić information content (AvgIpc) is 2.79. The zero-order valence-corrected chi connectivity index (χ0v) is 17.6. The first-order valence-electron chi connectivity index (χ1n) is 11.0. The highest BCUT2D eigenvalue weighted by Gasteiger charge is 2.24. The number of nitrogens with zero attached hydrogens (tertiary/aromatic N) is 7. The third-order valence-corrected chi connectivity index (χ3v) is 6.30. The summed E-state index contributed by atoms with van der Waals surface area (Å²) < 4.78 is 1.57. The maximum absolute atomic E-state index is 12.3. The van der Waals surface area contributed by atoms with Gasteiger partial charge in [0, 0.05) is 68.9 Å². The number of hydrogen-bond acceptors (Lipinski definition) is 7. The van der Waals surface area contributed by atoms with Crippen molar-refractivity contribution in [2.75, 3.05) is 37.6 Å². The van der Waals surface area contributed by atoms with E-state index in [0.29, 0.717) is 12.5 Å². The normalized spacial score (nSPS) is 17.5. The Hall–Kier alpha value is -3.13. The van der Waals surface area contributed by atoms with Crippen LogP contribution in [0.2, 0.25) is 0 Å². The average molecular weight is 418 g/mol. The van der Waals surface area contributed by atoms with Crippen LogP contribution in [0, 0.1) is 0 Å².